The molecule has 0 aromatic heterocycles. The van der Waals surface area contributed by atoms with Crippen LogP contribution in [0.15, 0.2) is 18.2 Å². The van der Waals surface area contributed by atoms with Crippen molar-refractivity contribution in [3.8, 4) is 0 Å². The van der Waals surface area contributed by atoms with E-state index in [0.29, 0.717) is 16.7 Å². The second-order valence-electron chi connectivity index (χ2n) is 4.29. The highest BCUT2D eigenvalue weighted by Gasteiger charge is 2.29. The molecule has 3 atom stereocenters. The van der Waals surface area contributed by atoms with Crippen LogP contribution in [0, 0.1) is 17.7 Å². The van der Waals surface area contributed by atoms with Crippen LogP contribution in [-0.2, 0) is 6.42 Å². The summed E-state index contributed by atoms with van der Waals surface area (Å²) in [4.78, 5) is 0.303. The van der Waals surface area contributed by atoms with Crippen molar-refractivity contribution in [1.29, 1.82) is 0 Å². The van der Waals surface area contributed by atoms with Gasteiger partial charge in [-0.25, -0.2) is 4.39 Å². The van der Waals surface area contributed by atoms with Crippen LogP contribution in [0.5, 0.6) is 0 Å². The third kappa shape index (κ3) is 1.60. The van der Waals surface area contributed by atoms with Gasteiger partial charge in [-0.1, -0.05) is 35.8 Å². The molecule has 0 amide bonds. The highest BCUT2D eigenvalue weighted by Crippen LogP contribution is 2.43. The van der Waals surface area contributed by atoms with E-state index in [1.807, 2.05) is 6.07 Å². The summed E-state index contributed by atoms with van der Waals surface area (Å²) < 4.78 is 13.1. The lowest BCUT2D eigenvalue weighted by atomic mass is 9.78. The maximum atomic E-state index is 13.1. The van der Waals surface area contributed by atoms with Crippen LogP contribution >= 0.6 is 15.9 Å². The molecule has 14 heavy (non-hydrogen) atoms. The van der Waals surface area contributed by atoms with E-state index in [4.69, 9.17) is 0 Å². The van der Waals surface area contributed by atoms with Gasteiger partial charge in [-0.2, -0.15) is 0 Å². The average Bonchev–Trinajstić information content (AvgIpc) is 2.16. The predicted molar refractivity (Wildman–Crippen MR) is 60.1 cm³/mol. The summed E-state index contributed by atoms with van der Waals surface area (Å²) in [5, 5.41) is 0. The van der Waals surface area contributed by atoms with E-state index >= 15 is 0 Å². The molecule has 1 aromatic carbocycles. The molecule has 3 unspecified atom stereocenters. The molecule has 0 fully saturated rings. The summed E-state index contributed by atoms with van der Waals surface area (Å²) >= 11 is 3.66. The number of alkyl halides is 1. The molecular weight excluding hydrogens is 243 g/mol. The summed E-state index contributed by atoms with van der Waals surface area (Å²) in [6, 6.07) is 5.14. The van der Waals surface area contributed by atoms with Crippen molar-refractivity contribution < 1.29 is 4.39 Å². The first-order valence-electron chi connectivity index (χ1n) is 5.02. The van der Waals surface area contributed by atoms with Gasteiger partial charge in [0.2, 0.25) is 0 Å². The van der Waals surface area contributed by atoms with Gasteiger partial charge < -0.3 is 0 Å². The minimum atomic E-state index is -0.130. The Hall–Kier alpha value is -0.370. The molecule has 0 saturated carbocycles. The molecule has 1 aliphatic rings. The average molecular weight is 257 g/mol. The highest BCUT2D eigenvalue weighted by molar-refractivity contribution is 9.09. The van der Waals surface area contributed by atoms with Crippen molar-refractivity contribution in [2.45, 2.75) is 25.1 Å². The number of fused-ring (bicyclic) bond motifs is 1. The predicted octanol–water partition coefficient (Wildman–Crippen LogP) is 4.09. The summed E-state index contributed by atoms with van der Waals surface area (Å²) in [6.07, 6.45) is 1.07. The van der Waals surface area contributed by atoms with Crippen molar-refractivity contribution in [1.82, 2.24) is 0 Å². The fourth-order valence-corrected chi connectivity index (χ4v) is 3.06. The monoisotopic (exact) mass is 256 g/mol. The van der Waals surface area contributed by atoms with Crippen LogP contribution in [0.4, 0.5) is 4.39 Å². The second-order valence-corrected chi connectivity index (χ2v) is 5.27. The van der Waals surface area contributed by atoms with Crippen LogP contribution < -0.4 is 0 Å². The van der Waals surface area contributed by atoms with E-state index in [2.05, 4.69) is 29.8 Å². The first-order valence-corrected chi connectivity index (χ1v) is 5.93. The molecule has 1 aromatic rings. The van der Waals surface area contributed by atoms with Gasteiger partial charge in [0, 0.05) is 4.83 Å². The van der Waals surface area contributed by atoms with E-state index in [1.54, 1.807) is 12.1 Å². The largest absolute Gasteiger partial charge is 0.207 e. The van der Waals surface area contributed by atoms with Gasteiger partial charge in [0.1, 0.15) is 5.82 Å². The summed E-state index contributed by atoms with van der Waals surface area (Å²) in [6.45, 7) is 4.48. The molecule has 0 spiro atoms. The van der Waals surface area contributed by atoms with E-state index < -0.39 is 0 Å². The van der Waals surface area contributed by atoms with Crippen LogP contribution in [0.25, 0.3) is 0 Å². The lowest BCUT2D eigenvalue weighted by Crippen LogP contribution is -2.22. The molecular formula is C12H14BrF. The minimum absolute atomic E-state index is 0.130. The van der Waals surface area contributed by atoms with Crippen molar-refractivity contribution >= 4 is 15.9 Å². The summed E-state index contributed by atoms with van der Waals surface area (Å²) in [7, 11) is 0. The minimum Gasteiger partial charge on any atom is -0.207 e. The quantitative estimate of drug-likeness (QED) is 0.614. The van der Waals surface area contributed by atoms with Gasteiger partial charge in [0.25, 0.3) is 0 Å². The van der Waals surface area contributed by atoms with Gasteiger partial charge >= 0.3 is 0 Å². The van der Waals surface area contributed by atoms with Gasteiger partial charge in [-0.15, -0.1) is 0 Å². The second kappa shape index (κ2) is 3.65. The smallest absolute Gasteiger partial charge is 0.123 e. The summed E-state index contributed by atoms with van der Waals surface area (Å²) in [5.74, 6) is 1.11. The zero-order valence-corrected chi connectivity index (χ0v) is 10.0. The molecule has 0 nitrogen and oxygen atoms in total. The fourth-order valence-electron chi connectivity index (χ4n) is 2.11. The number of hydrogen-bond acceptors (Lipinski definition) is 0. The molecule has 1 aliphatic carbocycles. The Kier molecular flexibility index (Phi) is 2.65. The Balaban J connectivity index is 2.46. The van der Waals surface area contributed by atoms with Crippen molar-refractivity contribution in [3.05, 3.63) is 35.1 Å². The SMILES string of the molecule is CC1Cc2ccc(F)cc2C(Br)C1C. The Labute approximate surface area is 92.6 Å². The number of rotatable bonds is 0. The van der Waals surface area contributed by atoms with Crippen LogP contribution in [0.3, 0.4) is 0 Å². The van der Waals surface area contributed by atoms with Crippen LogP contribution in [-0.4, -0.2) is 0 Å². The van der Waals surface area contributed by atoms with Gasteiger partial charge in [-0.05, 0) is 41.5 Å². The van der Waals surface area contributed by atoms with Crippen molar-refractivity contribution in [2.24, 2.45) is 11.8 Å². The molecule has 0 N–H and O–H groups in total. The van der Waals surface area contributed by atoms with Crippen molar-refractivity contribution in [2.75, 3.05) is 0 Å². The number of halogens is 2. The third-order valence-corrected chi connectivity index (χ3v) is 4.63. The third-order valence-electron chi connectivity index (χ3n) is 3.31. The Morgan fingerprint density at radius 1 is 1.36 bits per heavy atom. The van der Waals surface area contributed by atoms with Crippen LogP contribution in [0.2, 0.25) is 0 Å². The molecule has 0 bridgehead atoms. The van der Waals surface area contributed by atoms with Gasteiger partial charge in [-0.3, -0.25) is 0 Å². The lowest BCUT2D eigenvalue weighted by Gasteiger charge is -2.32. The highest BCUT2D eigenvalue weighted by atomic mass is 79.9. The molecule has 2 rings (SSSR count). The van der Waals surface area contributed by atoms with E-state index in [1.165, 1.54) is 5.56 Å². The number of hydrogen-bond donors (Lipinski definition) is 0. The molecule has 0 heterocycles. The van der Waals surface area contributed by atoms with Crippen molar-refractivity contribution in [3.63, 3.8) is 0 Å². The lowest BCUT2D eigenvalue weighted by molar-refractivity contribution is 0.357. The van der Waals surface area contributed by atoms with E-state index in [9.17, 15) is 4.39 Å². The van der Waals surface area contributed by atoms with Gasteiger partial charge in [0.05, 0.1) is 0 Å². The zero-order chi connectivity index (χ0) is 10.3. The molecule has 76 valence electrons. The van der Waals surface area contributed by atoms with E-state index in [0.717, 1.165) is 12.0 Å². The molecule has 2 heteroatoms. The Morgan fingerprint density at radius 3 is 2.79 bits per heavy atom. The standard InChI is InChI=1S/C12H14BrF/c1-7-5-9-3-4-10(14)6-11(9)12(13)8(7)2/h3-4,6-8,12H,5H2,1-2H3. The fraction of sp³-hybridized carbons (Fsp3) is 0.500. The Morgan fingerprint density at radius 2 is 2.07 bits per heavy atom. The van der Waals surface area contributed by atoms with Gasteiger partial charge in [0.15, 0.2) is 0 Å². The maximum absolute atomic E-state index is 13.1. The summed E-state index contributed by atoms with van der Waals surface area (Å²) in [5.41, 5.74) is 2.43. The normalized spacial score (nSPS) is 31.3. The Bertz CT molecular complexity index is 348. The first-order chi connectivity index (χ1) is 6.59. The molecule has 0 saturated heterocycles. The molecule has 0 radical (unpaired) electrons. The maximum Gasteiger partial charge on any atom is 0.123 e. The molecule has 0 aliphatic heterocycles. The zero-order valence-electron chi connectivity index (χ0n) is 8.43. The topological polar surface area (TPSA) is 0 Å². The van der Waals surface area contributed by atoms with E-state index in [-0.39, 0.29) is 5.82 Å². The van der Waals surface area contributed by atoms with Crippen LogP contribution in [0.1, 0.15) is 29.8 Å². The number of benzene rings is 1. The first kappa shape index (κ1) is 10.2.